The fraction of sp³-hybridized carbons (Fsp3) is 0.188. The standard InChI is InChI=1S/C16H17N3O/c1-11-2-4-12(5-3-11)15-10-19(16(20)18-15)14-8-6-13(17)7-9-14/h2-9,15H,10,17H2,1H3,(H,18,20). The summed E-state index contributed by atoms with van der Waals surface area (Å²) in [4.78, 5) is 13.8. The molecule has 0 saturated carbocycles. The number of nitrogens with two attached hydrogens (primary N) is 1. The number of benzene rings is 2. The van der Waals surface area contributed by atoms with Crippen molar-refractivity contribution < 1.29 is 4.79 Å². The monoisotopic (exact) mass is 267 g/mol. The molecular formula is C16H17N3O. The van der Waals surface area contributed by atoms with Gasteiger partial charge in [-0.2, -0.15) is 0 Å². The quantitative estimate of drug-likeness (QED) is 0.822. The highest BCUT2D eigenvalue weighted by Crippen LogP contribution is 2.26. The van der Waals surface area contributed by atoms with Crippen LogP contribution >= 0.6 is 0 Å². The lowest BCUT2D eigenvalue weighted by atomic mass is 10.1. The van der Waals surface area contributed by atoms with Gasteiger partial charge in [-0.05, 0) is 36.8 Å². The first kappa shape index (κ1) is 12.5. The Morgan fingerprint density at radius 3 is 2.40 bits per heavy atom. The second kappa shape index (κ2) is 4.89. The maximum absolute atomic E-state index is 12.1. The van der Waals surface area contributed by atoms with Crippen LogP contribution in [0.3, 0.4) is 0 Å². The number of nitrogen functional groups attached to an aromatic ring is 1. The molecule has 20 heavy (non-hydrogen) atoms. The summed E-state index contributed by atoms with van der Waals surface area (Å²) in [5.74, 6) is 0. The van der Waals surface area contributed by atoms with E-state index >= 15 is 0 Å². The van der Waals surface area contributed by atoms with Crippen LogP contribution in [0.2, 0.25) is 0 Å². The van der Waals surface area contributed by atoms with Crippen LogP contribution in [0.25, 0.3) is 0 Å². The van der Waals surface area contributed by atoms with E-state index < -0.39 is 0 Å². The molecular weight excluding hydrogens is 250 g/mol. The summed E-state index contributed by atoms with van der Waals surface area (Å²) in [5, 5.41) is 3.01. The Bertz CT molecular complexity index is 619. The molecule has 0 aliphatic carbocycles. The van der Waals surface area contributed by atoms with Gasteiger partial charge in [0.1, 0.15) is 0 Å². The Labute approximate surface area is 118 Å². The van der Waals surface area contributed by atoms with Gasteiger partial charge in [0.05, 0.1) is 12.6 Å². The number of nitrogens with one attached hydrogen (secondary N) is 1. The van der Waals surface area contributed by atoms with E-state index in [0.29, 0.717) is 12.2 Å². The summed E-state index contributed by atoms with van der Waals surface area (Å²) >= 11 is 0. The molecule has 2 aromatic carbocycles. The van der Waals surface area contributed by atoms with E-state index in [1.807, 2.05) is 24.3 Å². The predicted molar refractivity (Wildman–Crippen MR) is 80.7 cm³/mol. The fourth-order valence-corrected chi connectivity index (χ4v) is 2.40. The third-order valence-electron chi connectivity index (χ3n) is 3.59. The van der Waals surface area contributed by atoms with Crippen LogP contribution in [0.4, 0.5) is 16.2 Å². The molecule has 1 atom stereocenters. The third kappa shape index (κ3) is 2.32. The first-order chi connectivity index (χ1) is 9.63. The lowest BCUT2D eigenvalue weighted by Crippen LogP contribution is -2.27. The molecule has 2 amide bonds. The Morgan fingerprint density at radius 2 is 1.75 bits per heavy atom. The van der Waals surface area contributed by atoms with Crippen LogP contribution in [-0.2, 0) is 0 Å². The molecule has 0 spiro atoms. The van der Waals surface area contributed by atoms with E-state index in [2.05, 4.69) is 36.5 Å². The molecule has 1 aliphatic rings. The molecule has 2 aromatic rings. The van der Waals surface area contributed by atoms with Crippen LogP contribution in [-0.4, -0.2) is 12.6 Å². The van der Waals surface area contributed by atoms with Crippen molar-refractivity contribution in [2.24, 2.45) is 0 Å². The molecule has 0 aromatic heterocycles. The molecule has 102 valence electrons. The van der Waals surface area contributed by atoms with Crippen LogP contribution in [0.1, 0.15) is 17.2 Å². The van der Waals surface area contributed by atoms with Crippen LogP contribution in [0, 0.1) is 6.92 Å². The number of anilines is 2. The lowest BCUT2D eigenvalue weighted by molar-refractivity contribution is 0.251. The number of aryl methyl sites for hydroxylation is 1. The van der Waals surface area contributed by atoms with Gasteiger partial charge in [-0.15, -0.1) is 0 Å². The topological polar surface area (TPSA) is 58.4 Å². The average Bonchev–Trinajstić information content (AvgIpc) is 2.82. The van der Waals surface area contributed by atoms with Gasteiger partial charge < -0.3 is 11.1 Å². The Balaban J connectivity index is 1.81. The molecule has 0 bridgehead atoms. The maximum atomic E-state index is 12.1. The van der Waals surface area contributed by atoms with Crippen molar-refractivity contribution in [1.29, 1.82) is 0 Å². The molecule has 1 aliphatic heterocycles. The number of carbonyl (C=O) groups is 1. The van der Waals surface area contributed by atoms with Crippen molar-refractivity contribution in [2.75, 3.05) is 17.2 Å². The molecule has 1 heterocycles. The lowest BCUT2D eigenvalue weighted by Gasteiger charge is -2.15. The van der Waals surface area contributed by atoms with Crippen molar-refractivity contribution in [2.45, 2.75) is 13.0 Å². The number of hydrogen-bond acceptors (Lipinski definition) is 2. The van der Waals surface area contributed by atoms with E-state index in [1.54, 1.807) is 4.90 Å². The van der Waals surface area contributed by atoms with Crippen molar-refractivity contribution in [3.05, 3.63) is 59.7 Å². The van der Waals surface area contributed by atoms with Gasteiger partial charge in [-0.25, -0.2) is 4.79 Å². The van der Waals surface area contributed by atoms with Gasteiger partial charge in [-0.3, -0.25) is 4.90 Å². The zero-order chi connectivity index (χ0) is 14.1. The molecule has 1 unspecified atom stereocenters. The Morgan fingerprint density at radius 1 is 1.10 bits per heavy atom. The van der Waals surface area contributed by atoms with Crippen molar-refractivity contribution >= 4 is 17.4 Å². The van der Waals surface area contributed by atoms with Crippen LogP contribution in [0.5, 0.6) is 0 Å². The van der Waals surface area contributed by atoms with Crippen LogP contribution in [0.15, 0.2) is 48.5 Å². The summed E-state index contributed by atoms with van der Waals surface area (Å²) in [6, 6.07) is 15.6. The van der Waals surface area contributed by atoms with E-state index in [9.17, 15) is 4.79 Å². The largest absolute Gasteiger partial charge is 0.399 e. The summed E-state index contributed by atoms with van der Waals surface area (Å²) in [6.07, 6.45) is 0. The Kier molecular flexibility index (Phi) is 3.06. The third-order valence-corrected chi connectivity index (χ3v) is 3.59. The molecule has 4 heteroatoms. The first-order valence-electron chi connectivity index (χ1n) is 6.63. The summed E-state index contributed by atoms with van der Waals surface area (Å²) in [5.41, 5.74) is 9.58. The smallest absolute Gasteiger partial charge is 0.322 e. The van der Waals surface area contributed by atoms with Crippen LogP contribution < -0.4 is 16.0 Å². The zero-order valence-electron chi connectivity index (χ0n) is 11.3. The molecule has 4 nitrogen and oxygen atoms in total. The number of amides is 2. The second-order valence-electron chi connectivity index (χ2n) is 5.11. The van der Waals surface area contributed by atoms with E-state index in [4.69, 9.17) is 5.73 Å². The Hall–Kier alpha value is -2.49. The number of carbonyl (C=O) groups excluding carboxylic acids is 1. The molecule has 3 rings (SSSR count). The zero-order valence-corrected chi connectivity index (χ0v) is 11.3. The summed E-state index contributed by atoms with van der Waals surface area (Å²) in [7, 11) is 0. The first-order valence-corrected chi connectivity index (χ1v) is 6.63. The van der Waals surface area contributed by atoms with Crippen molar-refractivity contribution in [3.8, 4) is 0 Å². The fourth-order valence-electron chi connectivity index (χ4n) is 2.40. The highest BCUT2D eigenvalue weighted by atomic mass is 16.2. The molecule has 3 N–H and O–H groups in total. The number of urea groups is 1. The number of nitrogens with zero attached hydrogens (tertiary/aromatic N) is 1. The van der Waals surface area contributed by atoms with Gasteiger partial charge in [0.2, 0.25) is 0 Å². The minimum atomic E-state index is -0.0691. The van der Waals surface area contributed by atoms with E-state index in [0.717, 1.165) is 11.3 Å². The normalized spacial score (nSPS) is 18.1. The van der Waals surface area contributed by atoms with Gasteiger partial charge in [-0.1, -0.05) is 29.8 Å². The summed E-state index contributed by atoms with van der Waals surface area (Å²) < 4.78 is 0. The van der Waals surface area contributed by atoms with Gasteiger partial charge in [0, 0.05) is 11.4 Å². The molecule has 1 fully saturated rings. The summed E-state index contributed by atoms with van der Waals surface area (Å²) in [6.45, 7) is 2.68. The van der Waals surface area contributed by atoms with Crippen molar-refractivity contribution in [1.82, 2.24) is 5.32 Å². The average molecular weight is 267 g/mol. The molecule has 1 saturated heterocycles. The number of rotatable bonds is 2. The minimum Gasteiger partial charge on any atom is -0.399 e. The number of hydrogen-bond donors (Lipinski definition) is 2. The SMILES string of the molecule is Cc1ccc(C2CN(c3ccc(N)cc3)C(=O)N2)cc1. The minimum absolute atomic E-state index is 0.0284. The van der Waals surface area contributed by atoms with Gasteiger partial charge >= 0.3 is 6.03 Å². The second-order valence-corrected chi connectivity index (χ2v) is 5.11. The molecule has 0 radical (unpaired) electrons. The predicted octanol–water partition coefficient (Wildman–Crippen LogP) is 2.85. The van der Waals surface area contributed by atoms with E-state index in [1.165, 1.54) is 5.56 Å². The van der Waals surface area contributed by atoms with E-state index in [-0.39, 0.29) is 12.1 Å². The van der Waals surface area contributed by atoms with Gasteiger partial charge in [0.25, 0.3) is 0 Å². The maximum Gasteiger partial charge on any atom is 0.322 e. The highest BCUT2D eigenvalue weighted by Gasteiger charge is 2.30. The van der Waals surface area contributed by atoms with Gasteiger partial charge in [0.15, 0.2) is 0 Å². The van der Waals surface area contributed by atoms with Crippen molar-refractivity contribution in [3.63, 3.8) is 0 Å². The highest BCUT2D eigenvalue weighted by molar-refractivity contribution is 5.94.